The van der Waals surface area contributed by atoms with Crippen LogP contribution in [0.5, 0.6) is 0 Å². The number of carbonyl (C=O) groups excluding carboxylic acids is 2. The van der Waals surface area contributed by atoms with E-state index in [0.717, 1.165) is 11.1 Å². The van der Waals surface area contributed by atoms with Gasteiger partial charge in [-0.3, -0.25) is 4.79 Å². The summed E-state index contributed by atoms with van der Waals surface area (Å²) in [6.45, 7) is 7.83. The summed E-state index contributed by atoms with van der Waals surface area (Å²) >= 11 is 0. The highest BCUT2D eigenvalue weighted by Crippen LogP contribution is 2.15. The lowest BCUT2D eigenvalue weighted by Crippen LogP contribution is -2.34. The van der Waals surface area contributed by atoms with Gasteiger partial charge in [0, 0.05) is 12.0 Å². The lowest BCUT2D eigenvalue weighted by molar-refractivity contribution is -0.128. The highest BCUT2D eigenvalue weighted by molar-refractivity contribution is 5.91. The van der Waals surface area contributed by atoms with Gasteiger partial charge in [0.2, 0.25) is 5.91 Å². The van der Waals surface area contributed by atoms with Crippen molar-refractivity contribution in [3.8, 4) is 0 Å². The summed E-state index contributed by atoms with van der Waals surface area (Å²) in [6, 6.07) is 5.50. The summed E-state index contributed by atoms with van der Waals surface area (Å²) in [6.07, 6.45) is 0. The Kier molecular flexibility index (Phi) is 4.70. The van der Waals surface area contributed by atoms with Crippen molar-refractivity contribution in [3.05, 3.63) is 34.9 Å². The number of amides is 1. The molecule has 4 heteroatoms. The Balaban J connectivity index is 2.81. The number of ether oxygens (including phenoxy) is 1. The van der Waals surface area contributed by atoms with Gasteiger partial charge in [0.05, 0.1) is 12.7 Å². The fraction of sp³-hybridized carbons (Fsp3) is 0.467. The minimum absolute atomic E-state index is 0.0207. The van der Waals surface area contributed by atoms with E-state index in [1.807, 2.05) is 39.8 Å². The van der Waals surface area contributed by atoms with Crippen LogP contribution in [0.25, 0.3) is 0 Å². The van der Waals surface area contributed by atoms with E-state index in [4.69, 9.17) is 4.74 Å². The molecule has 4 nitrogen and oxygen atoms in total. The fourth-order valence-electron chi connectivity index (χ4n) is 1.56. The van der Waals surface area contributed by atoms with E-state index in [-0.39, 0.29) is 11.9 Å². The van der Waals surface area contributed by atoms with Gasteiger partial charge in [-0.25, -0.2) is 4.79 Å². The Hall–Kier alpha value is -1.84. The molecule has 0 saturated heterocycles. The van der Waals surface area contributed by atoms with E-state index in [1.54, 1.807) is 6.07 Å². The maximum absolute atomic E-state index is 11.8. The first-order valence-electron chi connectivity index (χ1n) is 6.22. The Morgan fingerprint density at radius 2 is 1.89 bits per heavy atom. The third kappa shape index (κ3) is 4.09. The van der Waals surface area contributed by atoms with Crippen molar-refractivity contribution in [2.24, 2.45) is 5.41 Å². The molecule has 0 unspecified atom stereocenters. The minimum atomic E-state index is -0.421. The summed E-state index contributed by atoms with van der Waals surface area (Å²) in [5, 5.41) is 2.85. The molecule has 104 valence electrons. The van der Waals surface area contributed by atoms with Crippen molar-refractivity contribution in [1.82, 2.24) is 5.32 Å². The molecule has 0 heterocycles. The topological polar surface area (TPSA) is 55.4 Å². The van der Waals surface area contributed by atoms with Gasteiger partial charge in [0.1, 0.15) is 0 Å². The van der Waals surface area contributed by atoms with Gasteiger partial charge in [0.15, 0.2) is 0 Å². The lowest BCUT2D eigenvalue weighted by Gasteiger charge is -2.18. The summed E-state index contributed by atoms with van der Waals surface area (Å²) in [5.74, 6) is -0.380. The van der Waals surface area contributed by atoms with E-state index in [2.05, 4.69) is 5.32 Å². The van der Waals surface area contributed by atoms with Crippen LogP contribution >= 0.6 is 0 Å². The van der Waals surface area contributed by atoms with Gasteiger partial charge in [-0.15, -0.1) is 0 Å². The largest absolute Gasteiger partial charge is 0.465 e. The molecule has 0 fully saturated rings. The molecule has 0 saturated carbocycles. The number of aryl methyl sites for hydroxylation is 1. The van der Waals surface area contributed by atoms with E-state index >= 15 is 0 Å². The Morgan fingerprint density at radius 1 is 1.26 bits per heavy atom. The summed E-state index contributed by atoms with van der Waals surface area (Å²) < 4.78 is 4.73. The van der Waals surface area contributed by atoms with Gasteiger partial charge in [0.25, 0.3) is 0 Å². The Bertz CT molecular complexity index is 487. The first-order valence-corrected chi connectivity index (χ1v) is 6.22. The second-order valence-electron chi connectivity index (χ2n) is 5.57. The van der Waals surface area contributed by atoms with Crippen LogP contribution in [-0.4, -0.2) is 19.0 Å². The highest BCUT2D eigenvalue weighted by atomic mass is 16.5. The van der Waals surface area contributed by atoms with Crippen LogP contribution in [0.15, 0.2) is 18.2 Å². The van der Waals surface area contributed by atoms with Gasteiger partial charge < -0.3 is 10.1 Å². The molecule has 0 aromatic heterocycles. The van der Waals surface area contributed by atoms with Gasteiger partial charge >= 0.3 is 5.97 Å². The van der Waals surface area contributed by atoms with Crippen molar-refractivity contribution < 1.29 is 14.3 Å². The van der Waals surface area contributed by atoms with Crippen LogP contribution < -0.4 is 5.32 Å². The second kappa shape index (κ2) is 5.87. The van der Waals surface area contributed by atoms with Crippen LogP contribution in [0, 0.1) is 12.3 Å². The molecular formula is C15H21NO3. The number of methoxy groups -OCH3 is 1. The fourth-order valence-corrected chi connectivity index (χ4v) is 1.56. The molecule has 0 spiro atoms. The highest BCUT2D eigenvalue weighted by Gasteiger charge is 2.20. The molecule has 0 aliphatic carbocycles. The number of hydrogen-bond acceptors (Lipinski definition) is 3. The summed E-state index contributed by atoms with van der Waals surface area (Å²) in [4.78, 5) is 23.4. The molecule has 1 amide bonds. The van der Waals surface area contributed by atoms with Gasteiger partial charge in [-0.1, -0.05) is 32.9 Å². The molecule has 19 heavy (non-hydrogen) atoms. The monoisotopic (exact) mass is 263 g/mol. The maximum Gasteiger partial charge on any atom is 0.338 e. The zero-order valence-electron chi connectivity index (χ0n) is 12.2. The average molecular weight is 263 g/mol. The van der Waals surface area contributed by atoms with Crippen molar-refractivity contribution in [2.45, 2.75) is 34.2 Å². The first kappa shape index (κ1) is 15.2. The number of benzene rings is 1. The van der Waals surface area contributed by atoms with Crippen LogP contribution in [0.3, 0.4) is 0 Å². The molecular weight excluding hydrogens is 242 g/mol. The lowest BCUT2D eigenvalue weighted by atomic mass is 9.95. The number of esters is 1. The normalized spacial score (nSPS) is 11.0. The average Bonchev–Trinajstić information content (AvgIpc) is 2.35. The Labute approximate surface area is 114 Å². The molecule has 0 radical (unpaired) electrons. The summed E-state index contributed by atoms with van der Waals surface area (Å²) in [7, 11) is 1.36. The zero-order valence-corrected chi connectivity index (χ0v) is 12.2. The number of rotatable bonds is 3. The quantitative estimate of drug-likeness (QED) is 0.852. The van der Waals surface area contributed by atoms with Crippen molar-refractivity contribution >= 4 is 11.9 Å². The van der Waals surface area contributed by atoms with E-state index < -0.39 is 5.41 Å². The van der Waals surface area contributed by atoms with Crippen LogP contribution in [0.4, 0.5) is 0 Å². The molecule has 1 N–H and O–H groups in total. The van der Waals surface area contributed by atoms with Crippen molar-refractivity contribution in [3.63, 3.8) is 0 Å². The van der Waals surface area contributed by atoms with Crippen LogP contribution in [-0.2, 0) is 16.1 Å². The molecule has 1 rings (SSSR count). The molecule has 0 atom stereocenters. The standard InChI is InChI=1S/C15H21NO3/c1-10-6-7-11(8-12(10)13(17)19-5)9-16-14(18)15(2,3)4/h6-8H,9H2,1-5H3,(H,16,18). The number of carbonyl (C=O) groups is 2. The van der Waals surface area contributed by atoms with Gasteiger partial charge in [-0.2, -0.15) is 0 Å². The smallest absolute Gasteiger partial charge is 0.338 e. The SMILES string of the molecule is COC(=O)c1cc(CNC(=O)C(C)(C)C)ccc1C. The predicted octanol–water partition coefficient (Wildman–Crippen LogP) is 2.44. The third-order valence-electron chi connectivity index (χ3n) is 2.84. The van der Waals surface area contributed by atoms with E-state index in [9.17, 15) is 9.59 Å². The van der Waals surface area contributed by atoms with Crippen molar-refractivity contribution in [2.75, 3.05) is 7.11 Å². The second-order valence-corrected chi connectivity index (χ2v) is 5.57. The molecule has 0 bridgehead atoms. The van der Waals surface area contributed by atoms with Crippen LogP contribution in [0.2, 0.25) is 0 Å². The maximum atomic E-state index is 11.8. The third-order valence-corrected chi connectivity index (χ3v) is 2.84. The Morgan fingerprint density at radius 3 is 2.42 bits per heavy atom. The molecule has 0 aliphatic rings. The zero-order chi connectivity index (χ0) is 14.6. The molecule has 1 aromatic carbocycles. The molecule has 0 aliphatic heterocycles. The van der Waals surface area contributed by atoms with Crippen LogP contribution in [0.1, 0.15) is 42.3 Å². The number of hydrogen-bond donors (Lipinski definition) is 1. The predicted molar refractivity (Wildman–Crippen MR) is 73.8 cm³/mol. The summed E-state index contributed by atoms with van der Waals surface area (Å²) in [5.41, 5.74) is 1.85. The molecule has 1 aromatic rings. The van der Waals surface area contributed by atoms with Crippen molar-refractivity contribution in [1.29, 1.82) is 0 Å². The van der Waals surface area contributed by atoms with Gasteiger partial charge in [-0.05, 0) is 24.1 Å². The van der Waals surface area contributed by atoms with E-state index in [0.29, 0.717) is 12.1 Å². The van der Waals surface area contributed by atoms with E-state index in [1.165, 1.54) is 7.11 Å². The number of nitrogens with one attached hydrogen (secondary N) is 1. The first-order chi connectivity index (χ1) is 8.75. The minimum Gasteiger partial charge on any atom is -0.465 e.